The predicted octanol–water partition coefficient (Wildman–Crippen LogP) is 1.56. The normalized spacial score (nSPS) is 26.2. The Hall–Kier alpha value is -1.59. The van der Waals surface area contributed by atoms with Crippen LogP contribution in [0.3, 0.4) is 0 Å². The summed E-state index contributed by atoms with van der Waals surface area (Å²) in [6.07, 6.45) is 1.86. The highest BCUT2D eigenvalue weighted by Gasteiger charge is 2.36. The lowest BCUT2D eigenvalue weighted by Gasteiger charge is -2.34. The molecule has 1 aliphatic carbocycles. The number of aliphatic carboxylic acids is 1. The average Bonchev–Trinajstić information content (AvgIpc) is 2.46. The molecule has 0 spiro atoms. The minimum Gasteiger partial charge on any atom is -0.491 e. The Bertz CT molecular complexity index is 446. The van der Waals surface area contributed by atoms with Crippen LogP contribution in [0.1, 0.15) is 31.2 Å². The second-order valence-corrected chi connectivity index (χ2v) is 5.43. The lowest BCUT2D eigenvalue weighted by Crippen LogP contribution is -2.41. The first kappa shape index (κ1) is 14.8. The molecule has 0 amide bonds. The number of carboxylic acid groups (broad SMARTS) is 1. The first-order valence-corrected chi connectivity index (χ1v) is 6.80. The van der Waals surface area contributed by atoms with Crippen molar-refractivity contribution < 1.29 is 24.9 Å². The molecule has 0 atom stereocenters. The number of ether oxygens (including phenoxy) is 1. The van der Waals surface area contributed by atoms with E-state index in [0.29, 0.717) is 31.4 Å². The number of hydrogen-bond donors (Lipinski definition) is 3. The van der Waals surface area contributed by atoms with Gasteiger partial charge in [0, 0.05) is 0 Å². The van der Waals surface area contributed by atoms with Crippen LogP contribution in [0.4, 0.5) is 0 Å². The summed E-state index contributed by atoms with van der Waals surface area (Å²) in [5.41, 5.74) is -0.139. The van der Waals surface area contributed by atoms with Gasteiger partial charge in [-0.15, -0.1) is 0 Å². The summed E-state index contributed by atoms with van der Waals surface area (Å²) in [7, 11) is 0. The van der Waals surface area contributed by atoms with Crippen LogP contribution in [0.2, 0.25) is 0 Å². The maximum absolute atomic E-state index is 10.9. The van der Waals surface area contributed by atoms with Crippen LogP contribution in [0.15, 0.2) is 24.3 Å². The molecule has 0 heterocycles. The number of aliphatic hydroxyl groups is 2. The third-order valence-corrected chi connectivity index (χ3v) is 3.88. The second-order valence-electron chi connectivity index (χ2n) is 5.43. The Morgan fingerprint density at radius 1 is 1.25 bits per heavy atom. The van der Waals surface area contributed by atoms with Crippen molar-refractivity contribution in [2.75, 3.05) is 6.61 Å². The lowest BCUT2D eigenvalue weighted by molar-refractivity contribution is -0.145. The molecule has 0 saturated heterocycles. The fourth-order valence-corrected chi connectivity index (χ4v) is 2.46. The van der Waals surface area contributed by atoms with Gasteiger partial charge < -0.3 is 20.1 Å². The summed E-state index contributed by atoms with van der Waals surface area (Å²) < 4.78 is 5.56. The largest absolute Gasteiger partial charge is 0.491 e. The van der Waals surface area contributed by atoms with Crippen LogP contribution in [-0.4, -0.2) is 33.5 Å². The van der Waals surface area contributed by atoms with Crippen molar-refractivity contribution in [2.24, 2.45) is 5.92 Å². The quantitative estimate of drug-likeness (QED) is 0.762. The zero-order valence-corrected chi connectivity index (χ0v) is 11.3. The molecule has 5 heteroatoms. The molecule has 1 aliphatic rings. The maximum atomic E-state index is 10.9. The van der Waals surface area contributed by atoms with E-state index in [0.717, 1.165) is 5.56 Å². The Balaban J connectivity index is 1.85. The minimum absolute atomic E-state index is 0.0131. The monoisotopic (exact) mass is 280 g/mol. The zero-order chi connectivity index (χ0) is 14.6. The number of rotatable bonds is 5. The highest BCUT2D eigenvalue weighted by Crippen LogP contribution is 2.32. The number of benzene rings is 1. The molecule has 1 aromatic rings. The fraction of sp³-hybridized carbons (Fsp3) is 0.533. The number of hydrogen-bond acceptors (Lipinski definition) is 4. The average molecular weight is 280 g/mol. The van der Waals surface area contributed by atoms with E-state index in [1.54, 1.807) is 24.3 Å². The Morgan fingerprint density at radius 2 is 1.85 bits per heavy atom. The van der Waals surface area contributed by atoms with Crippen LogP contribution in [0.25, 0.3) is 0 Å². The van der Waals surface area contributed by atoms with E-state index in [1.165, 1.54) is 0 Å². The number of carboxylic acids is 1. The molecular formula is C15H20O5. The predicted molar refractivity (Wildman–Crippen MR) is 72.4 cm³/mol. The summed E-state index contributed by atoms with van der Waals surface area (Å²) in [6, 6.07) is 7.02. The Morgan fingerprint density at radius 3 is 2.35 bits per heavy atom. The summed E-state index contributed by atoms with van der Waals surface area (Å²) in [4.78, 5) is 10.9. The van der Waals surface area contributed by atoms with Gasteiger partial charge in [-0.05, 0) is 43.4 Å². The van der Waals surface area contributed by atoms with Crippen molar-refractivity contribution in [2.45, 2.75) is 37.9 Å². The van der Waals surface area contributed by atoms with Gasteiger partial charge in [0.15, 0.2) is 0 Å². The van der Waals surface area contributed by atoms with Crippen LogP contribution in [0.5, 0.6) is 5.75 Å². The fourth-order valence-electron chi connectivity index (χ4n) is 2.46. The van der Waals surface area contributed by atoms with Crippen molar-refractivity contribution in [1.82, 2.24) is 0 Å². The van der Waals surface area contributed by atoms with Gasteiger partial charge in [-0.1, -0.05) is 12.1 Å². The van der Waals surface area contributed by atoms with Gasteiger partial charge >= 0.3 is 5.97 Å². The first-order chi connectivity index (χ1) is 9.52. The van der Waals surface area contributed by atoms with Crippen LogP contribution in [-0.2, 0) is 11.4 Å². The molecule has 1 fully saturated rings. The van der Waals surface area contributed by atoms with Crippen molar-refractivity contribution in [3.63, 3.8) is 0 Å². The molecule has 0 unspecified atom stereocenters. The summed E-state index contributed by atoms with van der Waals surface area (Å²) >= 11 is 0. The molecule has 20 heavy (non-hydrogen) atoms. The zero-order valence-electron chi connectivity index (χ0n) is 11.3. The van der Waals surface area contributed by atoms with E-state index >= 15 is 0 Å². The maximum Gasteiger partial charge on any atom is 0.306 e. The summed E-state index contributed by atoms with van der Waals surface area (Å²) in [6.45, 7) is 0.151. The minimum atomic E-state index is -0.943. The van der Waals surface area contributed by atoms with Gasteiger partial charge in [-0.2, -0.15) is 0 Å². The van der Waals surface area contributed by atoms with Gasteiger partial charge in [0.2, 0.25) is 0 Å². The number of aliphatic hydroxyl groups excluding tert-OH is 1. The van der Waals surface area contributed by atoms with E-state index in [1.807, 2.05) is 0 Å². The van der Waals surface area contributed by atoms with E-state index in [4.69, 9.17) is 14.9 Å². The van der Waals surface area contributed by atoms with E-state index < -0.39 is 11.6 Å². The third kappa shape index (κ3) is 3.71. The van der Waals surface area contributed by atoms with E-state index in [9.17, 15) is 9.90 Å². The van der Waals surface area contributed by atoms with E-state index in [-0.39, 0.29) is 19.1 Å². The molecular weight excluding hydrogens is 260 g/mol. The molecule has 0 aliphatic heterocycles. The first-order valence-electron chi connectivity index (χ1n) is 6.80. The highest BCUT2D eigenvalue weighted by atomic mass is 16.5. The van der Waals surface area contributed by atoms with Crippen LogP contribution in [0, 0.1) is 5.92 Å². The van der Waals surface area contributed by atoms with Crippen molar-refractivity contribution in [3.05, 3.63) is 29.8 Å². The molecule has 0 bridgehead atoms. The smallest absolute Gasteiger partial charge is 0.306 e. The van der Waals surface area contributed by atoms with Gasteiger partial charge in [-0.3, -0.25) is 4.79 Å². The van der Waals surface area contributed by atoms with Crippen molar-refractivity contribution >= 4 is 5.97 Å². The molecule has 5 nitrogen and oxygen atoms in total. The Kier molecular flexibility index (Phi) is 4.62. The SMILES string of the molecule is O=C(O)C1CCC(O)(COc2ccc(CO)cc2)CC1. The van der Waals surface area contributed by atoms with Crippen LogP contribution >= 0.6 is 0 Å². The summed E-state index contributed by atoms with van der Waals surface area (Å²) in [5, 5.41) is 28.3. The van der Waals surface area contributed by atoms with Crippen molar-refractivity contribution in [3.8, 4) is 5.75 Å². The highest BCUT2D eigenvalue weighted by molar-refractivity contribution is 5.70. The van der Waals surface area contributed by atoms with Crippen LogP contribution < -0.4 is 4.74 Å². The molecule has 0 aromatic heterocycles. The standard InChI is InChI=1S/C15H20O5/c16-9-11-1-3-13(4-2-11)20-10-15(19)7-5-12(6-8-15)14(17)18/h1-4,12,16,19H,5-10H2,(H,17,18). The van der Waals surface area contributed by atoms with Gasteiger partial charge in [0.05, 0.1) is 18.1 Å². The molecule has 2 rings (SSSR count). The number of carbonyl (C=O) groups is 1. The lowest BCUT2D eigenvalue weighted by atomic mass is 9.79. The molecule has 0 radical (unpaired) electrons. The molecule has 110 valence electrons. The molecule has 1 aromatic carbocycles. The topological polar surface area (TPSA) is 87.0 Å². The molecule has 3 N–H and O–H groups in total. The molecule has 1 saturated carbocycles. The van der Waals surface area contributed by atoms with Gasteiger partial charge in [0.25, 0.3) is 0 Å². The second kappa shape index (κ2) is 6.24. The third-order valence-electron chi connectivity index (χ3n) is 3.88. The van der Waals surface area contributed by atoms with Gasteiger partial charge in [-0.25, -0.2) is 0 Å². The van der Waals surface area contributed by atoms with Gasteiger partial charge in [0.1, 0.15) is 12.4 Å². The van der Waals surface area contributed by atoms with Crippen molar-refractivity contribution in [1.29, 1.82) is 0 Å². The van der Waals surface area contributed by atoms with E-state index in [2.05, 4.69) is 0 Å². The summed E-state index contributed by atoms with van der Waals surface area (Å²) in [5.74, 6) is -0.498. The Labute approximate surface area is 117 Å².